The summed E-state index contributed by atoms with van der Waals surface area (Å²) in [7, 11) is 0. The maximum atomic E-state index is 12.7. The third kappa shape index (κ3) is 1.08. The molecule has 0 aromatic carbocycles. The van der Waals surface area contributed by atoms with Crippen molar-refractivity contribution in [1.82, 2.24) is 0 Å². The molecule has 0 aromatic heterocycles. The van der Waals surface area contributed by atoms with Crippen molar-refractivity contribution in [2.24, 2.45) is 0 Å². The van der Waals surface area contributed by atoms with Crippen molar-refractivity contribution in [1.29, 1.82) is 0 Å². The predicted molar refractivity (Wildman–Crippen MR) is 27.4 cm³/mol. The van der Waals surface area contributed by atoms with Crippen molar-refractivity contribution in [3.05, 3.63) is 0 Å². The van der Waals surface area contributed by atoms with Gasteiger partial charge < -0.3 is 5.11 Å². The fraction of sp³-hybridized carbons (Fsp3) is 0.800. The number of ether oxygens (including phenoxy) is 1. The number of hydrogen-bond donors (Lipinski definition) is 1. The molecular formula is C5HF7O3. The van der Waals surface area contributed by atoms with Gasteiger partial charge in [-0.1, -0.05) is 0 Å². The minimum absolute atomic E-state index is 2.33. The molecule has 15 heavy (non-hydrogen) atoms. The summed E-state index contributed by atoms with van der Waals surface area (Å²) < 4.78 is 88.5. The minimum atomic E-state index is -6.24. The van der Waals surface area contributed by atoms with Gasteiger partial charge in [-0.2, -0.15) is 30.7 Å². The van der Waals surface area contributed by atoms with Crippen molar-refractivity contribution < 1.29 is 45.4 Å². The summed E-state index contributed by atoms with van der Waals surface area (Å²) in [6, 6.07) is 0. The van der Waals surface area contributed by atoms with Gasteiger partial charge in [0.25, 0.3) is 0 Å². The fourth-order valence-electron chi connectivity index (χ4n) is 0.867. The quantitative estimate of drug-likeness (QED) is 0.711. The van der Waals surface area contributed by atoms with E-state index in [-0.39, 0.29) is 0 Å². The van der Waals surface area contributed by atoms with E-state index in [1.807, 2.05) is 0 Å². The van der Waals surface area contributed by atoms with Gasteiger partial charge in [0.1, 0.15) is 0 Å². The van der Waals surface area contributed by atoms with Gasteiger partial charge in [0, 0.05) is 0 Å². The normalized spacial score (nSPS) is 36.5. The Labute approximate surface area is 76.4 Å². The van der Waals surface area contributed by atoms with E-state index in [4.69, 9.17) is 5.11 Å². The summed E-state index contributed by atoms with van der Waals surface area (Å²) in [5.41, 5.74) is 0. The zero-order valence-corrected chi connectivity index (χ0v) is 6.41. The molecule has 0 radical (unpaired) electrons. The number of carbonyl (C=O) groups is 1. The molecule has 0 saturated carbocycles. The van der Waals surface area contributed by atoms with Crippen LogP contribution in [-0.2, 0) is 9.53 Å². The first-order chi connectivity index (χ1) is 6.40. The molecule has 1 heterocycles. The first-order valence-corrected chi connectivity index (χ1v) is 3.16. The lowest BCUT2D eigenvalue weighted by Crippen LogP contribution is -2.55. The molecular weight excluding hydrogens is 241 g/mol. The molecule has 1 saturated heterocycles. The molecule has 1 atom stereocenters. The molecule has 1 aliphatic rings. The topological polar surface area (TPSA) is 46.5 Å². The molecule has 0 aromatic rings. The van der Waals surface area contributed by atoms with Crippen LogP contribution in [0.2, 0.25) is 0 Å². The molecule has 1 N–H and O–H groups in total. The Morgan fingerprint density at radius 1 is 0.933 bits per heavy atom. The van der Waals surface area contributed by atoms with Gasteiger partial charge in [-0.15, -0.1) is 0 Å². The Hall–Kier alpha value is -1.06. The highest BCUT2D eigenvalue weighted by atomic mass is 19.4. The number of hydrogen-bond acceptors (Lipinski definition) is 2. The van der Waals surface area contributed by atoms with Crippen LogP contribution in [0.25, 0.3) is 0 Å². The lowest BCUT2D eigenvalue weighted by molar-refractivity contribution is -0.335. The third-order valence-corrected chi connectivity index (χ3v) is 1.71. The Balaban J connectivity index is 3.38. The van der Waals surface area contributed by atoms with E-state index in [9.17, 15) is 35.5 Å². The van der Waals surface area contributed by atoms with E-state index >= 15 is 0 Å². The molecule has 88 valence electrons. The van der Waals surface area contributed by atoms with Crippen LogP contribution in [0.4, 0.5) is 30.7 Å². The average molecular weight is 242 g/mol. The summed E-state index contributed by atoms with van der Waals surface area (Å²) in [6.07, 6.45) is -5.90. The summed E-state index contributed by atoms with van der Waals surface area (Å²) in [4.78, 5) is 9.87. The second-order valence-electron chi connectivity index (χ2n) is 2.67. The number of alkyl halides is 7. The summed E-state index contributed by atoms with van der Waals surface area (Å²) in [5, 5.41) is 7.83. The maximum Gasteiger partial charge on any atom is 0.429 e. The van der Waals surface area contributed by atoms with Crippen molar-refractivity contribution in [3.8, 4) is 0 Å². The number of carboxylic acids is 1. The molecule has 1 fully saturated rings. The van der Waals surface area contributed by atoms with Crippen LogP contribution >= 0.6 is 0 Å². The van der Waals surface area contributed by atoms with Crippen molar-refractivity contribution in [2.45, 2.75) is 23.8 Å². The van der Waals surface area contributed by atoms with E-state index in [0.29, 0.717) is 0 Å². The molecule has 0 unspecified atom stereocenters. The van der Waals surface area contributed by atoms with E-state index in [0.717, 1.165) is 0 Å². The number of carboxylic acid groups (broad SMARTS) is 1. The Morgan fingerprint density at radius 3 is 1.47 bits per heavy atom. The summed E-state index contributed by atoms with van der Waals surface area (Å²) in [5.74, 6) is -21.1. The van der Waals surface area contributed by atoms with Crippen molar-refractivity contribution >= 4 is 5.97 Å². The molecule has 0 bridgehead atoms. The fourth-order valence-corrected chi connectivity index (χ4v) is 0.867. The van der Waals surface area contributed by atoms with Crippen LogP contribution in [0.3, 0.4) is 0 Å². The van der Waals surface area contributed by atoms with Crippen molar-refractivity contribution in [2.75, 3.05) is 0 Å². The van der Waals surface area contributed by atoms with Crippen molar-refractivity contribution in [3.63, 3.8) is 0 Å². The van der Waals surface area contributed by atoms with E-state index in [1.165, 1.54) is 0 Å². The van der Waals surface area contributed by atoms with E-state index in [2.05, 4.69) is 4.74 Å². The van der Waals surface area contributed by atoms with Gasteiger partial charge in [0.05, 0.1) is 0 Å². The molecule has 0 amide bonds. The lowest BCUT2D eigenvalue weighted by atomic mass is 10.1. The highest BCUT2D eigenvalue weighted by molar-refractivity contribution is 5.78. The van der Waals surface area contributed by atoms with Gasteiger partial charge in [0.15, 0.2) is 0 Å². The van der Waals surface area contributed by atoms with E-state index < -0.39 is 29.8 Å². The second-order valence-corrected chi connectivity index (χ2v) is 2.67. The lowest BCUT2D eigenvalue weighted by Gasteiger charge is -2.22. The van der Waals surface area contributed by atoms with Crippen LogP contribution in [0.5, 0.6) is 0 Å². The molecule has 1 aliphatic heterocycles. The monoisotopic (exact) mass is 242 g/mol. The highest BCUT2D eigenvalue weighted by Crippen LogP contribution is 2.60. The molecule has 10 heteroatoms. The van der Waals surface area contributed by atoms with Crippen LogP contribution < -0.4 is 0 Å². The van der Waals surface area contributed by atoms with E-state index in [1.54, 1.807) is 0 Å². The van der Waals surface area contributed by atoms with Crippen LogP contribution in [0.1, 0.15) is 0 Å². The van der Waals surface area contributed by atoms with Crippen LogP contribution in [0, 0.1) is 0 Å². The van der Waals surface area contributed by atoms with Gasteiger partial charge in [-0.25, -0.2) is 4.79 Å². The molecule has 0 spiro atoms. The van der Waals surface area contributed by atoms with Gasteiger partial charge in [-0.3, -0.25) is 4.74 Å². The van der Waals surface area contributed by atoms with Gasteiger partial charge in [0.2, 0.25) is 0 Å². The number of rotatable bonds is 1. The second kappa shape index (κ2) is 2.54. The SMILES string of the molecule is O=C(O)[C@]1(F)OC(F)(F)C(F)(F)C1(F)F. The highest BCUT2D eigenvalue weighted by Gasteiger charge is 2.92. The first kappa shape index (κ1) is 12.0. The summed E-state index contributed by atoms with van der Waals surface area (Å²) >= 11 is 0. The van der Waals surface area contributed by atoms with Crippen LogP contribution in [0.15, 0.2) is 0 Å². The maximum absolute atomic E-state index is 12.7. The van der Waals surface area contributed by atoms with Gasteiger partial charge >= 0.3 is 29.8 Å². The third-order valence-electron chi connectivity index (χ3n) is 1.71. The minimum Gasteiger partial charge on any atom is -0.477 e. The molecule has 1 rings (SSSR count). The first-order valence-electron chi connectivity index (χ1n) is 3.16. The standard InChI is InChI=1S/C5HF7O3/c6-2(1(13)14)3(7,8)4(9,10)5(11,12)15-2/h(H,13,14)/t2-/m0/s1. The number of halogens is 7. The Kier molecular flexibility index (Phi) is 2.04. The Bertz CT molecular complexity index is 314. The Morgan fingerprint density at radius 2 is 1.33 bits per heavy atom. The smallest absolute Gasteiger partial charge is 0.429 e. The molecule has 0 aliphatic carbocycles. The largest absolute Gasteiger partial charge is 0.477 e. The predicted octanol–water partition coefficient (Wildman–Crippen LogP) is 1.63. The zero-order valence-electron chi connectivity index (χ0n) is 6.41. The summed E-state index contributed by atoms with van der Waals surface area (Å²) in [6.45, 7) is 0. The molecule has 3 nitrogen and oxygen atoms in total. The number of aliphatic carboxylic acids is 1. The zero-order chi connectivity index (χ0) is 12.3. The van der Waals surface area contributed by atoms with Crippen LogP contribution in [-0.4, -0.2) is 34.9 Å². The average Bonchev–Trinajstić information content (AvgIpc) is 2.09. The van der Waals surface area contributed by atoms with Gasteiger partial charge in [-0.05, 0) is 0 Å².